The van der Waals surface area contributed by atoms with E-state index in [1.807, 2.05) is 18.2 Å². The number of rotatable bonds is 5. The van der Waals surface area contributed by atoms with Gasteiger partial charge in [0.1, 0.15) is 0 Å². The summed E-state index contributed by atoms with van der Waals surface area (Å²) in [7, 11) is -3.64. The second-order valence-electron chi connectivity index (χ2n) is 7.16. The first-order valence-electron chi connectivity index (χ1n) is 9.72. The summed E-state index contributed by atoms with van der Waals surface area (Å²) in [6.45, 7) is 0.286. The van der Waals surface area contributed by atoms with Gasteiger partial charge in [-0.1, -0.05) is 42.5 Å². The fourth-order valence-electron chi connectivity index (χ4n) is 3.60. The Bertz CT molecular complexity index is 1000. The third kappa shape index (κ3) is 6.22. The van der Waals surface area contributed by atoms with Gasteiger partial charge in [0.2, 0.25) is 0 Å². The topological polar surface area (TPSA) is 73.8 Å². The van der Waals surface area contributed by atoms with E-state index >= 15 is 0 Å². The molecule has 31 heavy (non-hydrogen) atoms. The molecule has 3 rings (SSSR count). The monoisotopic (exact) mass is 570 g/mol. The number of halogens is 4. The van der Waals surface area contributed by atoms with Crippen molar-refractivity contribution in [3.05, 3.63) is 48.0 Å². The summed E-state index contributed by atoms with van der Waals surface area (Å²) >= 11 is 0. The molecule has 1 aliphatic heterocycles. The summed E-state index contributed by atoms with van der Waals surface area (Å²) in [4.78, 5) is 4.17. The van der Waals surface area contributed by atoms with Crippen LogP contribution in [-0.4, -0.2) is 56.9 Å². The lowest BCUT2D eigenvalue weighted by atomic mass is 10.0. The van der Waals surface area contributed by atoms with E-state index in [9.17, 15) is 21.6 Å². The van der Waals surface area contributed by atoms with E-state index < -0.39 is 15.5 Å². The summed E-state index contributed by atoms with van der Waals surface area (Å²) in [6.07, 6.45) is 1.34. The number of fused-ring (bicyclic) bond motifs is 1. The molecule has 2 N–H and O–H groups in total. The Morgan fingerprint density at radius 3 is 2.42 bits per heavy atom. The Balaban J connectivity index is 0.00000341. The molecule has 0 amide bonds. The maximum Gasteiger partial charge on any atom is 0.511 e. The zero-order valence-electron chi connectivity index (χ0n) is 17.0. The van der Waals surface area contributed by atoms with Crippen molar-refractivity contribution in [3.8, 4) is 0 Å². The molecule has 0 bridgehead atoms. The number of guanidine groups is 1. The molecular formula is C20H26F3IN4O2S. The zero-order valence-corrected chi connectivity index (χ0v) is 20.2. The molecule has 0 spiro atoms. The highest BCUT2D eigenvalue weighted by molar-refractivity contribution is 14.0. The van der Waals surface area contributed by atoms with E-state index in [0.29, 0.717) is 16.8 Å². The van der Waals surface area contributed by atoms with Crippen LogP contribution in [0.5, 0.6) is 0 Å². The van der Waals surface area contributed by atoms with Gasteiger partial charge in [0.25, 0.3) is 0 Å². The van der Waals surface area contributed by atoms with Crippen LogP contribution in [0.1, 0.15) is 18.4 Å². The minimum atomic E-state index is -5.26. The van der Waals surface area contributed by atoms with Crippen LogP contribution in [0.4, 0.5) is 13.2 Å². The Morgan fingerprint density at radius 1 is 1.13 bits per heavy atom. The standard InChI is InChI=1S/C20H25F3N4O2S.HI/c1-24-19(25-12-9-16-7-4-6-15-5-2-3-8-18(15)16)26-17-10-13-27(14-11-17)30(28,29)20(21,22)23;/h2-8,17H,9-14H2,1H3,(H2,24,25,26);1H. The van der Waals surface area contributed by atoms with Gasteiger partial charge < -0.3 is 10.6 Å². The van der Waals surface area contributed by atoms with Crippen molar-refractivity contribution < 1.29 is 21.6 Å². The van der Waals surface area contributed by atoms with Gasteiger partial charge in [0.05, 0.1) is 0 Å². The number of benzene rings is 2. The minimum Gasteiger partial charge on any atom is -0.356 e. The number of nitrogens with zero attached hydrogens (tertiary/aromatic N) is 2. The highest BCUT2D eigenvalue weighted by atomic mass is 127. The van der Waals surface area contributed by atoms with E-state index in [-0.39, 0.29) is 55.9 Å². The van der Waals surface area contributed by atoms with Crippen LogP contribution in [0.25, 0.3) is 10.8 Å². The van der Waals surface area contributed by atoms with E-state index in [2.05, 4.69) is 39.9 Å². The highest BCUT2D eigenvalue weighted by Crippen LogP contribution is 2.29. The van der Waals surface area contributed by atoms with Crippen molar-refractivity contribution in [2.75, 3.05) is 26.7 Å². The molecule has 1 saturated heterocycles. The molecule has 11 heteroatoms. The normalized spacial score (nSPS) is 16.7. The van der Waals surface area contributed by atoms with Crippen LogP contribution in [-0.2, 0) is 16.4 Å². The lowest BCUT2D eigenvalue weighted by Gasteiger charge is -2.32. The first kappa shape index (κ1) is 25.7. The number of aliphatic imine (C=N–C) groups is 1. The Labute approximate surface area is 197 Å². The van der Waals surface area contributed by atoms with E-state index in [1.54, 1.807) is 7.05 Å². The van der Waals surface area contributed by atoms with Crippen LogP contribution in [0, 0.1) is 0 Å². The second kappa shape index (κ2) is 10.8. The Hall–Kier alpha value is -1.60. The lowest BCUT2D eigenvalue weighted by Crippen LogP contribution is -2.51. The van der Waals surface area contributed by atoms with Gasteiger partial charge in [-0.25, -0.2) is 8.42 Å². The molecule has 0 saturated carbocycles. The van der Waals surface area contributed by atoms with Gasteiger partial charge in [-0.05, 0) is 35.6 Å². The average molecular weight is 570 g/mol. The van der Waals surface area contributed by atoms with Crippen LogP contribution >= 0.6 is 24.0 Å². The molecule has 0 radical (unpaired) electrons. The van der Waals surface area contributed by atoms with Gasteiger partial charge in [-0.2, -0.15) is 17.5 Å². The third-order valence-electron chi connectivity index (χ3n) is 5.22. The molecule has 172 valence electrons. The molecule has 1 heterocycles. The third-order valence-corrected chi connectivity index (χ3v) is 6.85. The summed E-state index contributed by atoms with van der Waals surface area (Å²) in [6, 6.07) is 14.2. The number of piperidine rings is 1. The van der Waals surface area contributed by atoms with Gasteiger partial charge in [-0.3, -0.25) is 4.99 Å². The molecule has 0 aliphatic carbocycles. The minimum absolute atomic E-state index is 0. The van der Waals surface area contributed by atoms with Gasteiger partial charge in [-0.15, -0.1) is 24.0 Å². The van der Waals surface area contributed by atoms with E-state index in [0.717, 1.165) is 6.42 Å². The van der Waals surface area contributed by atoms with Crippen molar-refractivity contribution in [2.45, 2.75) is 30.8 Å². The molecular weight excluding hydrogens is 544 g/mol. The van der Waals surface area contributed by atoms with Crippen molar-refractivity contribution >= 4 is 50.7 Å². The maximum atomic E-state index is 12.7. The predicted molar refractivity (Wildman–Crippen MR) is 127 cm³/mol. The van der Waals surface area contributed by atoms with E-state index in [1.165, 1.54) is 16.3 Å². The zero-order chi connectivity index (χ0) is 21.8. The number of alkyl halides is 3. The van der Waals surface area contributed by atoms with Crippen LogP contribution in [0.2, 0.25) is 0 Å². The quantitative estimate of drug-likeness (QED) is 0.328. The number of hydrogen-bond donors (Lipinski definition) is 2. The smallest absolute Gasteiger partial charge is 0.356 e. The number of nitrogens with one attached hydrogen (secondary N) is 2. The van der Waals surface area contributed by atoms with Gasteiger partial charge in [0, 0.05) is 32.7 Å². The molecule has 0 unspecified atom stereocenters. The predicted octanol–water partition coefficient (Wildman–Crippen LogP) is 3.48. The highest BCUT2D eigenvalue weighted by Gasteiger charge is 2.50. The molecule has 6 nitrogen and oxygen atoms in total. The average Bonchev–Trinajstić information content (AvgIpc) is 2.72. The number of hydrogen-bond acceptors (Lipinski definition) is 3. The number of sulfonamides is 1. The van der Waals surface area contributed by atoms with Gasteiger partial charge >= 0.3 is 15.5 Å². The second-order valence-corrected chi connectivity index (χ2v) is 9.09. The molecule has 0 aromatic heterocycles. The van der Waals surface area contributed by atoms with Crippen molar-refractivity contribution in [1.82, 2.24) is 14.9 Å². The Morgan fingerprint density at radius 2 is 1.77 bits per heavy atom. The summed E-state index contributed by atoms with van der Waals surface area (Å²) in [5.41, 5.74) is -4.05. The fourth-order valence-corrected chi connectivity index (χ4v) is 4.59. The van der Waals surface area contributed by atoms with Crippen LogP contribution in [0.3, 0.4) is 0 Å². The first-order valence-corrected chi connectivity index (χ1v) is 11.2. The maximum absolute atomic E-state index is 12.7. The Kier molecular flexibility index (Phi) is 8.95. The fraction of sp³-hybridized carbons (Fsp3) is 0.450. The van der Waals surface area contributed by atoms with Crippen molar-refractivity contribution in [2.24, 2.45) is 4.99 Å². The molecule has 1 fully saturated rings. The first-order chi connectivity index (χ1) is 14.2. The molecule has 0 atom stereocenters. The summed E-state index contributed by atoms with van der Waals surface area (Å²) in [5, 5.41) is 8.77. The van der Waals surface area contributed by atoms with Crippen LogP contribution in [0.15, 0.2) is 47.5 Å². The van der Waals surface area contributed by atoms with Crippen LogP contribution < -0.4 is 10.6 Å². The SMILES string of the molecule is CN=C(NCCc1cccc2ccccc12)NC1CCN(S(=O)(=O)C(F)(F)F)CC1.I. The molecule has 2 aromatic rings. The van der Waals surface area contributed by atoms with Gasteiger partial charge in [0.15, 0.2) is 5.96 Å². The molecule has 1 aliphatic rings. The van der Waals surface area contributed by atoms with Crippen molar-refractivity contribution in [3.63, 3.8) is 0 Å². The largest absolute Gasteiger partial charge is 0.511 e. The lowest BCUT2D eigenvalue weighted by molar-refractivity contribution is -0.0494. The summed E-state index contributed by atoms with van der Waals surface area (Å²) < 4.78 is 61.6. The van der Waals surface area contributed by atoms with Crippen molar-refractivity contribution in [1.29, 1.82) is 0 Å². The summed E-state index contributed by atoms with van der Waals surface area (Å²) in [5.74, 6) is 0.548. The molecule has 2 aromatic carbocycles. The van der Waals surface area contributed by atoms with E-state index in [4.69, 9.17) is 0 Å².